The van der Waals surface area contributed by atoms with Gasteiger partial charge >= 0.3 is 5.97 Å². The number of carbonyl (C=O) groups excluding carboxylic acids is 1. The van der Waals surface area contributed by atoms with E-state index in [1.54, 1.807) is 12.1 Å². The minimum atomic E-state index is -0.295. The predicted octanol–water partition coefficient (Wildman–Crippen LogP) is 3.02. The van der Waals surface area contributed by atoms with Crippen molar-refractivity contribution in [2.45, 2.75) is 13.3 Å². The first-order chi connectivity index (χ1) is 8.60. The summed E-state index contributed by atoms with van der Waals surface area (Å²) in [6.07, 6.45) is 0.203. The van der Waals surface area contributed by atoms with E-state index in [9.17, 15) is 4.79 Å². The fourth-order valence-corrected chi connectivity index (χ4v) is 1.91. The second kappa shape index (κ2) is 5.23. The van der Waals surface area contributed by atoms with E-state index in [1.165, 1.54) is 7.11 Å². The molecule has 0 atom stereocenters. The molecule has 0 saturated carbocycles. The quantitative estimate of drug-likeness (QED) is 0.801. The summed E-state index contributed by atoms with van der Waals surface area (Å²) < 4.78 is 9.61. The van der Waals surface area contributed by atoms with E-state index in [-0.39, 0.29) is 12.4 Å². The van der Waals surface area contributed by atoms with Gasteiger partial charge in [-0.2, -0.15) is 0 Å². The molecule has 0 N–H and O–H groups in total. The summed E-state index contributed by atoms with van der Waals surface area (Å²) in [5.41, 5.74) is 2.26. The van der Waals surface area contributed by atoms with E-state index < -0.39 is 0 Å². The number of methoxy groups -OCH3 is 1. The van der Waals surface area contributed by atoms with Crippen LogP contribution in [-0.2, 0) is 16.0 Å². The van der Waals surface area contributed by atoms with Crippen LogP contribution >= 0.6 is 11.6 Å². The maximum Gasteiger partial charge on any atom is 0.309 e. The SMILES string of the molecule is COC(=O)Cc1ccc(-c2cc(C)on2)c(Cl)c1. The van der Waals surface area contributed by atoms with Gasteiger partial charge in [0.05, 0.1) is 18.6 Å². The summed E-state index contributed by atoms with van der Waals surface area (Å²) in [5.74, 6) is 0.427. The standard InChI is InChI=1S/C13H12ClNO3/c1-8-5-12(15-18-8)10-4-3-9(6-11(10)14)7-13(16)17-2/h3-6H,7H2,1-2H3. The van der Waals surface area contributed by atoms with Crippen LogP contribution in [0, 0.1) is 6.92 Å². The molecule has 1 heterocycles. The lowest BCUT2D eigenvalue weighted by Crippen LogP contribution is -2.04. The molecule has 0 aliphatic rings. The highest BCUT2D eigenvalue weighted by atomic mass is 35.5. The van der Waals surface area contributed by atoms with E-state index >= 15 is 0 Å². The first kappa shape index (κ1) is 12.6. The number of ether oxygens (including phenoxy) is 1. The van der Waals surface area contributed by atoms with Crippen molar-refractivity contribution in [3.63, 3.8) is 0 Å². The molecule has 0 spiro atoms. The highest BCUT2D eigenvalue weighted by Gasteiger charge is 2.10. The Morgan fingerprint density at radius 3 is 2.78 bits per heavy atom. The second-order valence-corrected chi connectivity index (χ2v) is 4.30. The summed E-state index contributed by atoms with van der Waals surface area (Å²) in [5, 5.41) is 4.43. The third kappa shape index (κ3) is 2.71. The molecule has 1 aromatic carbocycles. The van der Waals surface area contributed by atoms with Gasteiger partial charge in [-0.3, -0.25) is 4.79 Å². The molecule has 1 aromatic heterocycles. The van der Waals surface area contributed by atoms with Gasteiger partial charge in [-0.25, -0.2) is 0 Å². The van der Waals surface area contributed by atoms with Gasteiger partial charge in [0.15, 0.2) is 0 Å². The van der Waals surface area contributed by atoms with Crippen LogP contribution in [0.5, 0.6) is 0 Å². The summed E-state index contributed by atoms with van der Waals surface area (Å²) >= 11 is 6.17. The van der Waals surface area contributed by atoms with Gasteiger partial charge in [0.25, 0.3) is 0 Å². The van der Waals surface area contributed by atoms with Gasteiger partial charge in [-0.15, -0.1) is 0 Å². The van der Waals surface area contributed by atoms with Crippen molar-refractivity contribution in [2.75, 3.05) is 7.11 Å². The van der Waals surface area contributed by atoms with Crippen molar-refractivity contribution in [1.82, 2.24) is 5.16 Å². The number of aromatic nitrogens is 1. The van der Waals surface area contributed by atoms with Crippen LogP contribution in [0.3, 0.4) is 0 Å². The van der Waals surface area contributed by atoms with Crippen molar-refractivity contribution < 1.29 is 14.1 Å². The molecule has 0 saturated heterocycles. The lowest BCUT2D eigenvalue weighted by Gasteiger charge is -2.04. The molecular weight excluding hydrogens is 254 g/mol. The average molecular weight is 266 g/mol. The molecule has 18 heavy (non-hydrogen) atoms. The lowest BCUT2D eigenvalue weighted by atomic mass is 10.1. The van der Waals surface area contributed by atoms with Crippen molar-refractivity contribution in [3.8, 4) is 11.3 Å². The van der Waals surface area contributed by atoms with Crippen LogP contribution in [0.2, 0.25) is 5.02 Å². The van der Waals surface area contributed by atoms with Crippen LogP contribution in [-0.4, -0.2) is 18.2 Å². The van der Waals surface area contributed by atoms with E-state index in [0.717, 1.165) is 16.9 Å². The van der Waals surface area contributed by atoms with E-state index in [2.05, 4.69) is 9.89 Å². The number of hydrogen-bond acceptors (Lipinski definition) is 4. The Morgan fingerprint density at radius 1 is 1.44 bits per heavy atom. The minimum absolute atomic E-state index is 0.203. The molecule has 0 unspecified atom stereocenters. The van der Waals surface area contributed by atoms with Crippen molar-refractivity contribution in [1.29, 1.82) is 0 Å². The van der Waals surface area contributed by atoms with Gasteiger partial charge in [-0.1, -0.05) is 28.9 Å². The Labute approximate surface area is 109 Å². The summed E-state index contributed by atoms with van der Waals surface area (Å²) in [4.78, 5) is 11.2. The van der Waals surface area contributed by atoms with Gasteiger partial charge in [0, 0.05) is 11.6 Å². The maximum absolute atomic E-state index is 11.2. The third-order valence-electron chi connectivity index (χ3n) is 2.51. The Morgan fingerprint density at radius 2 is 2.22 bits per heavy atom. The van der Waals surface area contributed by atoms with Gasteiger partial charge in [-0.05, 0) is 18.6 Å². The van der Waals surface area contributed by atoms with Crippen LogP contribution in [0.1, 0.15) is 11.3 Å². The molecule has 2 rings (SSSR count). The van der Waals surface area contributed by atoms with E-state index in [4.69, 9.17) is 16.1 Å². The Hall–Kier alpha value is -1.81. The molecule has 0 aliphatic heterocycles. The highest BCUT2D eigenvalue weighted by Crippen LogP contribution is 2.28. The largest absolute Gasteiger partial charge is 0.469 e. The number of esters is 1. The molecule has 5 heteroatoms. The van der Waals surface area contributed by atoms with Crippen LogP contribution in [0.4, 0.5) is 0 Å². The molecule has 94 valence electrons. The zero-order valence-electron chi connectivity index (χ0n) is 10.1. The maximum atomic E-state index is 11.2. The fourth-order valence-electron chi connectivity index (χ4n) is 1.61. The molecule has 0 aliphatic carbocycles. The van der Waals surface area contributed by atoms with Crippen molar-refractivity contribution in [2.24, 2.45) is 0 Å². The normalized spacial score (nSPS) is 10.4. The minimum Gasteiger partial charge on any atom is -0.469 e. The van der Waals surface area contributed by atoms with Gasteiger partial charge in [0.2, 0.25) is 0 Å². The zero-order valence-corrected chi connectivity index (χ0v) is 10.8. The molecule has 4 nitrogen and oxygen atoms in total. The molecule has 0 bridgehead atoms. The number of benzene rings is 1. The highest BCUT2D eigenvalue weighted by molar-refractivity contribution is 6.33. The average Bonchev–Trinajstić information content (AvgIpc) is 2.75. The van der Waals surface area contributed by atoms with Crippen LogP contribution < -0.4 is 0 Å². The molecular formula is C13H12ClNO3. The number of halogens is 1. The lowest BCUT2D eigenvalue weighted by molar-refractivity contribution is -0.139. The molecule has 2 aromatic rings. The number of aryl methyl sites for hydroxylation is 1. The Bertz CT molecular complexity index is 577. The monoisotopic (exact) mass is 265 g/mol. The van der Waals surface area contributed by atoms with Crippen LogP contribution in [0.15, 0.2) is 28.8 Å². The van der Waals surface area contributed by atoms with Crippen molar-refractivity contribution >= 4 is 17.6 Å². The fraction of sp³-hybridized carbons (Fsp3) is 0.231. The second-order valence-electron chi connectivity index (χ2n) is 3.89. The van der Waals surface area contributed by atoms with Crippen LogP contribution in [0.25, 0.3) is 11.3 Å². The van der Waals surface area contributed by atoms with Crippen molar-refractivity contribution in [3.05, 3.63) is 40.6 Å². The number of nitrogens with zero attached hydrogens (tertiary/aromatic N) is 1. The third-order valence-corrected chi connectivity index (χ3v) is 2.83. The number of carbonyl (C=O) groups is 1. The first-order valence-electron chi connectivity index (χ1n) is 5.39. The summed E-state index contributed by atoms with van der Waals surface area (Å²) in [6.45, 7) is 1.82. The zero-order chi connectivity index (χ0) is 13.1. The summed E-state index contributed by atoms with van der Waals surface area (Å²) in [6, 6.07) is 7.18. The predicted molar refractivity (Wildman–Crippen MR) is 67.4 cm³/mol. The van der Waals surface area contributed by atoms with E-state index in [1.807, 2.05) is 19.1 Å². The molecule has 0 fully saturated rings. The topological polar surface area (TPSA) is 52.3 Å². The Kier molecular flexibility index (Phi) is 3.67. The first-order valence-corrected chi connectivity index (χ1v) is 5.77. The number of rotatable bonds is 3. The van der Waals surface area contributed by atoms with E-state index in [0.29, 0.717) is 10.7 Å². The molecule has 0 radical (unpaired) electrons. The van der Waals surface area contributed by atoms with Gasteiger partial charge < -0.3 is 9.26 Å². The summed E-state index contributed by atoms with van der Waals surface area (Å²) in [7, 11) is 1.36. The van der Waals surface area contributed by atoms with Gasteiger partial charge in [0.1, 0.15) is 11.5 Å². The molecule has 0 amide bonds. The number of hydrogen-bond donors (Lipinski definition) is 0. The Balaban J connectivity index is 2.28. The smallest absolute Gasteiger partial charge is 0.309 e.